The minimum atomic E-state index is 0.665. The molecule has 4 saturated carbocycles. The zero-order valence-corrected chi connectivity index (χ0v) is 17.1. The van der Waals surface area contributed by atoms with Crippen molar-refractivity contribution < 1.29 is 0 Å². The van der Waals surface area contributed by atoms with Crippen molar-refractivity contribution in [3.63, 3.8) is 0 Å². The molecular weight excluding hydrogens is 288 g/mol. The van der Waals surface area contributed by atoms with E-state index in [-0.39, 0.29) is 0 Å². The summed E-state index contributed by atoms with van der Waals surface area (Å²) in [6.45, 7) is 13.2. The van der Waals surface area contributed by atoms with Crippen LogP contribution in [-0.2, 0) is 0 Å². The van der Waals surface area contributed by atoms with Crippen molar-refractivity contribution in [2.45, 2.75) is 98.8 Å². The first-order chi connectivity index (χ1) is 11.4. The maximum Gasteiger partial charge on any atom is -0.0261 e. The standard InChI is InChI=1S/C24H42/c1-6-9-18-17(3)21-19-11-8-13-23(19,4)15-12-20(21)24(5)14-7-10-16(2)22(18)24/h16-22H,6-15H2,1-5H3/t16?,17-,18+,19-,20-,21-,22+,23-,24+/m0/s1. The molecule has 9 atom stereocenters. The van der Waals surface area contributed by atoms with Crippen LogP contribution in [0.15, 0.2) is 0 Å². The van der Waals surface area contributed by atoms with Crippen molar-refractivity contribution in [2.75, 3.05) is 0 Å². The molecule has 0 heterocycles. The van der Waals surface area contributed by atoms with Crippen molar-refractivity contribution in [1.82, 2.24) is 0 Å². The molecule has 0 heteroatoms. The molecule has 4 rings (SSSR count). The first-order valence-electron chi connectivity index (χ1n) is 11.4. The van der Waals surface area contributed by atoms with Crippen molar-refractivity contribution in [2.24, 2.45) is 52.3 Å². The Balaban J connectivity index is 1.75. The lowest BCUT2D eigenvalue weighted by molar-refractivity contribution is -0.173. The number of fused-ring (bicyclic) bond motifs is 5. The predicted octanol–water partition coefficient (Wildman–Crippen LogP) is 7.33. The first-order valence-corrected chi connectivity index (χ1v) is 11.4. The van der Waals surface area contributed by atoms with Crippen LogP contribution in [0.1, 0.15) is 98.8 Å². The maximum absolute atomic E-state index is 2.76. The molecule has 0 radical (unpaired) electrons. The van der Waals surface area contributed by atoms with Crippen molar-refractivity contribution in [3.8, 4) is 0 Å². The molecule has 4 aliphatic carbocycles. The van der Waals surface area contributed by atoms with Crippen LogP contribution in [0, 0.1) is 52.3 Å². The molecule has 0 aromatic carbocycles. The summed E-state index contributed by atoms with van der Waals surface area (Å²) in [6.07, 6.45) is 15.1. The van der Waals surface area contributed by atoms with Crippen molar-refractivity contribution in [1.29, 1.82) is 0 Å². The molecule has 24 heavy (non-hydrogen) atoms. The molecular formula is C24H42. The van der Waals surface area contributed by atoms with Gasteiger partial charge in [-0.05, 0) is 84.4 Å². The van der Waals surface area contributed by atoms with E-state index in [4.69, 9.17) is 0 Å². The Hall–Kier alpha value is 0. The highest BCUT2D eigenvalue weighted by Crippen LogP contribution is 2.69. The molecule has 0 aliphatic heterocycles. The Morgan fingerprint density at radius 3 is 2.38 bits per heavy atom. The third kappa shape index (κ3) is 2.30. The Labute approximate surface area is 151 Å². The van der Waals surface area contributed by atoms with E-state index in [0.29, 0.717) is 10.8 Å². The second kappa shape index (κ2) is 6.02. The zero-order valence-electron chi connectivity index (χ0n) is 17.1. The van der Waals surface area contributed by atoms with Crippen LogP contribution in [0.25, 0.3) is 0 Å². The Bertz CT molecular complexity index is 467. The van der Waals surface area contributed by atoms with Crippen molar-refractivity contribution in [3.05, 3.63) is 0 Å². The van der Waals surface area contributed by atoms with E-state index in [1.165, 1.54) is 38.5 Å². The van der Waals surface area contributed by atoms with Crippen LogP contribution >= 0.6 is 0 Å². The quantitative estimate of drug-likeness (QED) is 0.497. The molecule has 1 unspecified atom stereocenters. The highest BCUT2D eigenvalue weighted by atomic mass is 14.7. The van der Waals surface area contributed by atoms with E-state index >= 15 is 0 Å². The van der Waals surface area contributed by atoms with Gasteiger partial charge in [-0.3, -0.25) is 0 Å². The minimum Gasteiger partial charge on any atom is -0.0654 e. The van der Waals surface area contributed by atoms with Gasteiger partial charge in [-0.25, -0.2) is 0 Å². The smallest absolute Gasteiger partial charge is 0.0261 e. The summed E-state index contributed by atoms with van der Waals surface area (Å²) in [5, 5.41) is 0. The fourth-order valence-corrected chi connectivity index (χ4v) is 9.22. The summed E-state index contributed by atoms with van der Waals surface area (Å²) in [5.41, 5.74) is 1.37. The molecule has 0 spiro atoms. The molecule has 0 aromatic rings. The van der Waals surface area contributed by atoms with Gasteiger partial charge in [0.2, 0.25) is 0 Å². The first kappa shape index (κ1) is 17.4. The van der Waals surface area contributed by atoms with E-state index in [1.807, 2.05) is 0 Å². The zero-order chi connectivity index (χ0) is 17.1. The summed E-state index contributed by atoms with van der Waals surface area (Å²) in [4.78, 5) is 0. The van der Waals surface area contributed by atoms with Gasteiger partial charge in [0, 0.05) is 0 Å². The second-order valence-corrected chi connectivity index (χ2v) is 11.1. The minimum absolute atomic E-state index is 0.665. The Kier molecular flexibility index (Phi) is 4.37. The lowest BCUT2D eigenvalue weighted by atomic mass is 9.39. The van der Waals surface area contributed by atoms with Crippen LogP contribution in [0.3, 0.4) is 0 Å². The third-order valence-corrected chi connectivity index (χ3v) is 10.1. The Morgan fingerprint density at radius 2 is 1.62 bits per heavy atom. The highest BCUT2D eigenvalue weighted by molar-refractivity contribution is 5.11. The van der Waals surface area contributed by atoms with Gasteiger partial charge >= 0.3 is 0 Å². The van der Waals surface area contributed by atoms with Gasteiger partial charge in [0.05, 0.1) is 0 Å². The van der Waals surface area contributed by atoms with E-state index in [1.54, 1.807) is 25.7 Å². The fourth-order valence-electron chi connectivity index (χ4n) is 9.22. The third-order valence-electron chi connectivity index (χ3n) is 10.1. The van der Waals surface area contributed by atoms with E-state index in [9.17, 15) is 0 Å². The van der Waals surface area contributed by atoms with Gasteiger partial charge in [-0.15, -0.1) is 0 Å². The predicted molar refractivity (Wildman–Crippen MR) is 104 cm³/mol. The number of hydrogen-bond acceptors (Lipinski definition) is 0. The summed E-state index contributed by atoms with van der Waals surface area (Å²) in [5.74, 6) is 7.14. The van der Waals surface area contributed by atoms with Gasteiger partial charge in [0.15, 0.2) is 0 Å². The monoisotopic (exact) mass is 330 g/mol. The summed E-state index contributed by atoms with van der Waals surface area (Å²) < 4.78 is 0. The molecule has 0 aromatic heterocycles. The summed E-state index contributed by atoms with van der Waals surface area (Å²) >= 11 is 0. The number of hydrogen-bond donors (Lipinski definition) is 0. The molecule has 4 fully saturated rings. The summed E-state index contributed by atoms with van der Waals surface area (Å²) in [7, 11) is 0. The van der Waals surface area contributed by atoms with Crippen molar-refractivity contribution >= 4 is 0 Å². The molecule has 0 bridgehead atoms. The molecule has 0 saturated heterocycles. The van der Waals surface area contributed by atoms with Gasteiger partial charge in [-0.2, -0.15) is 0 Å². The SMILES string of the molecule is CCC[C@@H]1[C@H](C)[C@H]2[C@@H]3CCC[C@@]3(C)CC[C@@H]2[C@@]2(C)CCCC(C)[C@H]12. The second-order valence-electron chi connectivity index (χ2n) is 11.1. The van der Waals surface area contributed by atoms with Gasteiger partial charge in [0.1, 0.15) is 0 Å². The normalized spacial score (nSPS) is 57.1. The lowest BCUT2D eigenvalue weighted by Crippen LogP contribution is -2.59. The average Bonchev–Trinajstić information content (AvgIpc) is 2.93. The Morgan fingerprint density at radius 1 is 0.875 bits per heavy atom. The topological polar surface area (TPSA) is 0 Å². The van der Waals surface area contributed by atoms with E-state index in [2.05, 4.69) is 34.6 Å². The van der Waals surface area contributed by atoms with Gasteiger partial charge in [0.25, 0.3) is 0 Å². The fraction of sp³-hybridized carbons (Fsp3) is 1.00. The van der Waals surface area contributed by atoms with Gasteiger partial charge in [-0.1, -0.05) is 66.7 Å². The maximum atomic E-state index is 2.76. The lowest BCUT2D eigenvalue weighted by Gasteiger charge is -2.66. The van der Waals surface area contributed by atoms with Crippen LogP contribution in [0.4, 0.5) is 0 Å². The van der Waals surface area contributed by atoms with Crippen LogP contribution in [0.2, 0.25) is 0 Å². The van der Waals surface area contributed by atoms with E-state index in [0.717, 1.165) is 41.4 Å². The highest BCUT2D eigenvalue weighted by Gasteiger charge is 2.62. The average molecular weight is 331 g/mol. The molecule has 4 aliphatic rings. The molecule has 0 nitrogen and oxygen atoms in total. The van der Waals surface area contributed by atoms with E-state index < -0.39 is 0 Å². The molecule has 0 amide bonds. The number of rotatable bonds is 2. The van der Waals surface area contributed by atoms with Crippen LogP contribution in [-0.4, -0.2) is 0 Å². The molecule has 0 N–H and O–H groups in total. The van der Waals surface area contributed by atoms with Crippen LogP contribution in [0.5, 0.6) is 0 Å². The van der Waals surface area contributed by atoms with Crippen LogP contribution < -0.4 is 0 Å². The summed E-state index contributed by atoms with van der Waals surface area (Å²) in [6, 6.07) is 0. The van der Waals surface area contributed by atoms with Gasteiger partial charge < -0.3 is 0 Å². The largest absolute Gasteiger partial charge is 0.0654 e. The molecule has 138 valence electrons.